The smallest absolute Gasteiger partial charge is 0.413 e. The van der Waals surface area contributed by atoms with E-state index in [1.54, 1.807) is 19.1 Å². The molecule has 0 bridgehead atoms. The van der Waals surface area contributed by atoms with Gasteiger partial charge in [0.25, 0.3) is 0 Å². The minimum atomic E-state index is -0.622. The molecule has 0 saturated carbocycles. The van der Waals surface area contributed by atoms with E-state index < -0.39 is 6.09 Å². The number of benzene rings is 1. The first kappa shape index (κ1) is 19.0. The average molecular weight is 456 g/mol. The fourth-order valence-electron chi connectivity index (χ4n) is 2.01. The van der Waals surface area contributed by atoms with Crippen molar-refractivity contribution < 1.29 is 23.8 Å². The standard InChI is InChI=1S/C15H14BrN5O5S/c1-2-24-15(23)18-14-21-20-13(27-14)5-12(22)19-17-6-8-3-10-11(4-9(8)16)26-7-25-10/h3-4,6H,2,5,7H2,1H3,(H,19,22)(H,18,21,23)/b17-6-. The van der Waals surface area contributed by atoms with Crippen molar-refractivity contribution in [2.75, 3.05) is 18.7 Å². The van der Waals surface area contributed by atoms with E-state index in [9.17, 15) is 9.59 Å². The highest BCUT2D eigenvalue weighted by Gasteiger charge is 2.16. The summed E-state index contributed by atoms with van der Waals surface area (Å²) in [6.07, 6.45) is 0.836. The van der Waals surface area contributed by atoms with Crippen molar-refractivity contribution in [1.82, 2.24) is 15.6 Å². The molecule has 2 heterocycles. The number of halogens is 1. The van der Waals surface area contributed by atoms with Gasteiger partial charge in [0, 0.05) is 10.0 Å². The van der Waals surface area contributed by atoms with Crippen LogP contribution in [-0.2, 0) is 16.0 Å². The summed E-state index contributed by atoms with van der Waals surface area (Å²) >= 11 is 4.48. The number of anilines is 1. The normalized spacial score (nSPS) is 12.2. The van der Waals surface area contributed by atoms with Crippen molar-refractivity contribution >= 4 is 50.6 Å². The van der Waals surface area contributed by atoms with Gasteiger partial charge in [-0.05, 0) is 35.0 Å². The van der Waals surface area contributed by atoms with Gasteiger partial charge >= 0.3 is 6.09 Å². The number of carbonyl (C=O) groups excluding carboxylic acids is 2. The summed E-state index contributed by atoms with van der Waals surface area (Å²) in [7, 11) is 0. The zero-order valence-corrected chi connectivity index (χ0v) is 16.4. The maximum atomic E-state index is 12.0. The number of nitrogens with one attached hydrogen (secondary N) is 2. The molecule has 0 spiro atoms. The van der Waals surface area contributed by atoms with E-state index in [2.05, 4.69) is 42.0 Å². The lowest BCUT2D eigenvalue weighted by molar-refractivity contribution is -0.120. The second-order valence-electron chi connectivity index (χ2n) is 5.04. The monoisotopic (exact) mass is 455 g/mol. The molecular formula is C15H14BrN5O5S. The van der Waals surface area contributed by atoms with Crippen molar-refractivity contribution in [2.24, 2.45) is 5.10 Å². The number of aromatic nitrogens is 2. The van der Waals surface area contributed by atoms with Crippen LogP contribution in [0.25, 0.3) is 0 Å². The molecule has 2 N–H and O–H groups in total. The Kier molecular flexibility index (Phi) is 6.19. The number of amides is 2. The molecule has 2 amide bonds. The summed E-state index contributed by atoms with van der Waals surface area (Å²) in [4.78, 5) is 23.3. The van der Waals surface area contributed by atoms with Crippen LogP contribution in [0.4, 0.5) is 9.93 Å². The highest BCUT2D eigenvalue weighted by atomic mass is 79.9. The van der Waals surface area contributed by atoms with Gasteiger partial charge in [-0.1, -0.05) is 11.3 Å². The number of hydrogen-bond donors (Lipinski definition) is 2. The first-order valence-corrected chi connectivity index (χ1v) is 9.33. The molecular weight excluding hydrogens is 442 g/mol. The lowest BCUT2D eigenvalue weighted by atomic mass is 10.2. The zero-order chi connectivity index (χ0) is 19.2. The van der Waals surface area contributed by atoms with Crippen LogP contribution >= 0.6 is 27.3 Å². The van der Waals surface area contributed by atoms with Gasteiger partial charge in [0.2, 0.25) is 17.8 Å². The summed E-state index contributed by atoms with van der Waals surface area (Å²) in [6.45, 7) is 2.11. The van der Waals surface area contributed by atoms with Crippen LogP contribution < -0.4 is 20.2 Å². The lowest BCUT2D eigenvalue weighted by Gasteiger charge is -2.01. The maximum Gasteiger partial charge on any atom is 0.413 e. The Hall–Kier alpha value is -2.73. The zero-order valence-electron chi connectivity index (χ0n) is 14.0. The number of hydrogen-bond acceptors (Lipinski definition) is 9. The predicted molar refractivity (Wildman–Crippen MR) is 100 cm³/mol. The predicted octanol–water partition coefficient (Wildman–Crippen LogP) is 2.29. The van der Waals surface area contributed by atoms with Crippen molar-refractivity contribution in [3.05, 3.63) is 27.2 Å². The van der Waals surface area contributed by atoms with Crippen LogP contribution in [0, 0.1) is 0 Å². The molecule has 2 aromatic rings. The molecule has 1 aliphatic rings. The molecule has 0 saturated heterocycles. The summed E-state index contributed by atoms with van der Waals surface area (Å²) in [5, 5.41) is 14.6. The molecule has 27 heavy (non-hydrogen) atoms. The number of carbonyl (C=O) groups is 2. The van der Waals surface area contributed by atoms with E-state index in [4.69, 9.17) is 14.2 Å². The van der Waals surface area contributed by atoms with E-state index in [1.165, 1.54) is 6.21 Å². The van der Waals surface area contributed by atoms with Gasteiger partial charge in [-0.2, -0.15) is 5.10 Å². The molecule has 10 nitrogen and oxygen atoms in total. The van der Waals surface area contributed by atoms with E-state index in [0.29, 0.717) is 16.5 Å². The summed E-state index contributed by atoms with van der Waals surface area (Å²) in [6, 6.07) is 3.52. The molecule has 3 rings (SSSR count). The Morgan fingerprint density at radius 3 is 2.93 bits per heavy atom. The molecule has 1 aliphatic heterocycles. The quantitative estimate of drug-likeness (QED) is 0.505. The van der Waals surface area contributed by atoms with Crippen LogP contribution in [-0.4, -0.2) is 41.8 Å². The first-order valence-electron chi connectivity index (χ1n) is 7.72. The van der Waals surface area contributed by atoms with Gasteiger partial charge in [-0.25, -0.2) is 10.2 Å². The van der Waals surface area contributed by atoms with Gasteiger partial charge in [-0.3, -0.25) is 10.1 Å². The van der Waals surface area contributed by atoms with Gasteiger partial charge in [0.05, 0.1) is 19.2 Å². The second kappa shape index (κ2) is 8.77. The highest BCUT2D eigenvalue weighted by molar-refractivity contribution is 9.10. The molecule has 12 heteroatoms. The highest BCUT2D eigenvalue weighted by Crippen LogP contribution is 2.36. The van der Waals surface area contributed by atoms with Gasteiger partial charge < -0.3 is 14.2 Å². The van der Waals surface area contributed by atoms with E-state index in [0.717, 1.165) is 21.4 Å². The van der Waals surface area contributed by atoms with E-state index >= 15 is 0 Å². The molecule has 0 radical (unpaired) electrons. The van der Waals surface area contributed by atoms with Gasteiger partial charge in [0.15, 0.2) is 11.5 Å². The third kappa shape index (κ3) is 5.14. The molecule has 0 unspecified atom stereocenters. The summed E-state index contributed by atoms with van der Waals surface area (Å²) in [5.74, 6) is 0.884. The lowest BCUT2D eigenvalue weighted by Crippen LogP contribution is -2.19. The third-order valence-electron chi connectivity index (χ3n) is 3.15. The number of fused-ring (bicyclic) bond motifs is 1. The first-order chi connectivity index (χ1) is 13.0. The maximum absolute atomic E-state index is 12.0. The Morgan fingerprint density at radius 1 is 1.37 bits per heavy atom. The SMILES string of the molecule is CCOC(=O)Nc1nnc(CC(=O)N/N=C\c2cc3c(cc2Br)OCO3)s1. The third-order valence-corrected chi connectivity index (χ3v) is 4.67. The number of rotatable bonds is 6. The summed E-state index contributed by atoms with van der Waals surface area (Å²) < 4.78 is 16.1. The van der Waals surface area contributed by atoms with Crippen LogP contribution in [0.5, 0.6) is 11.5 Å². The van der Waals surface area contributed by atoms with Gasteiger partial charge in [0.1, 0.15) is 5.01 Å². The van der Waals surface area contributed by atoms with Gasteiger partial charge in [-0.15, -0.1) is 10.2 Å². The fourth-order valence-corrected chi connectivity index (χ4v) is 3.16. The molecule has 142 valence electrons. The molecule has 1 aromatic heterocycles. The average Bonchev–Trinajstić information content (AvgIpc) is 3.24. The van der Waals surface area contributed by atoms with Crippen molar-refractivity contribution in [2.45, 2.75) is 13.3 Å². The number of hydrazone groups is 1. The summed E-state index contributed by atoms with van der Waals surface area (Å²) in [5.41, 5.74) is 3.13. The Bertz CT molecular complexity index is 887. The van der Waals surface area contributed by atoms with Crippen LogP contribution in [0.3, 0.4) is 0 Å². The Balaban J connectivity index is 1.52. The minimum Gasteiger partial charge on any atom is -0.454 e. The molecule has 0 aliphatic carbocycles. The van der Waals surface area contributed by atoms with E-state index in [-0.39, 0.29) is 30.9 Å². The molecule has 0 fully saturated rings. The van der Waals surface area contributed by atoms with E-state index in [1.807, 2.05) is 0 Å². The largest absolute Gasteiger partial charge is 0.454 e. The fraction of sp³-hybridized carbons (Fsp3) is 0.267. The molecule has 1 aromatic carbocycles. The van der Waals surface area contributed by atoms with Crippen LogP contribution in [0.1, 0.15) is 17.5 Å². The minimum absolute atomic E-state index is 0.0260. The number of ether oxygens (including phenoxy) is 3. The number of nitrogens with zero attached hydrogens (tertiary/aromatic N) is 3. The second-order valence-corrected chi connectivity index (χ2v) is 6.96. The van der Waals surface area contributed by atoms with Crippen molar-refractivity contribution in [3.63, 3.8) is 0 Å². The topological polar surface area (TPSA) is 124 Å². The molecule has 0 atom stereocenters. The van der Waals surface area contributed by atoms with Crippen molar-refractivity contribution in [1.29, 1.82) is 0 Å². The Morgan fingerprint density at radius 2 is 2.15 bits per heavy atom. The van der Waals surface area contributed by atoms with Crippen LogP contribution in [0.2, 0.25) is 0 Å². The van der Waals surface area contributed by atoms with Crippen molar-refractivity contribution in [3.8, 4) is 11.5 Å². The van der Waals surface area contributed by atoms with Crippen LogP contribution in [0.15, 0.2) is 21.7 Å². The Labute approximate surface area is 166 Å².